The van der Waals surface area contributed by atoms with Crippen LogP contribution in [0.5, 0.6) is 0 Å². The van der Waals surface area contributed by atoms with Gasteiger partial charge in [-0.05, 0) is 24.5 Å². The second kappa shape index (κ2) is 9.37. The Labute approximate surface area is 122 Å². The smallest absolute Gasteiger partial charge is 0.170 e. The molecule has 1 aromatic carbocycles. The molecule has 0 heterocycles. The van der Waals surface area contributed by atoms with E-state index < -0.39 is 0 Å². The van der Waals surface area contributed by atoms with Crippen LogP contribution in [0.25, 0.3) is 0 Å². The van der Waals surface area contributed by atoms with Gasteiger partial charge in [-0.25, -0.2) is 0 Å². The Morgan fingerprint density at radius 3 is 2.75 bits per heavy atom. The van der Waals surface area contributed by atoms with Crippen LogP contribution in [-0.4, -0.2) is 17.1 Å². The van der Waals surface area contributed by atoms with Gasteiger partial charge in [0, 0.05) is 18.2 Å². The van der Waals surface area contributed by atoms with E-state index in [0.717, 1.165) is 17.7 Å². The summed E-state index contributed by atoms with van der Waals surface area (Å²) in [5.41, 5.74) is 7.53. The number of hydrogen-bond acceptors (Lipinski definition) is 3. The Bertz CT molecular complexity index is 418. The number of nitrogens with one attached hydrogen (secondary N) is 1. The van der Waals surface area contributed by atoms with Crippen LogP contribution in [0, 0.1) is 0 Å². The maximum atomic E-state index is 8.71. The minimum Gasteiger partial charge on any atom is -0.409 e. The van der Waals surface area contributed by atoms with Crippen LogP contribution in [0.2, 0.25) is 0 Å². The lowest BCUT2D eigenvalue weighted by Crippen LogP contribution is -2.28. The molecule has 0 aliphatic heterocycles. The lowest BCUT2D eigenvalue weighted by atomic mass is 10.0. The zero-order valence-corrected chi connectivity index (χ0v) is 12.6. The van der Waals surface area contributed by atoms with Crippen molar-refractivity contribution < 1.29 is 5.21 Å². The topological polar surface area (TPSA) is 70.6 Å². The van der Waals surface area contributed by atoms with Crippen molar-refractivity contribution in [3.63, 3.8) is 0 Å². The molecule has 0 fully saturated rings. The summed E-state index contributed by atoms with van der Waals surface area (Å²) >= 11 is 0. The van der Waals surface area contributed by atoms with Crippen LogP contribution in [0.1, 0.15) is 57.1 Å². The predicted molar refractivity (Wildman–Crippen MR) is 84.0 cm³/mol. The first kappa shape index (κ1) is 16.5. The van der Waals surface area contributed by atoms with Crippen LogP contribution >= 0.6 is 0 Å². The molecule has 1 rings (SSSR count). The molecule has 1 aromatic rings. The molecule has 1 atom stereocenters. The molecule has 0 amide bonds. The maximum Gasteiger partial charge on any atom is 0.170 e. The summed E-state index contributed by atoms with van der Waals surface area (Å²) in [6, 6.07) is 8.38. The highest BCUT2D eigenvalue weighted by Crippen LogP contribution is 2.10. The quantitative estimate of drug-likeness (QED) is 0.281. The summed E-state index contributed by atoms with van der Waals surface area (Å²) in [6.07, 6.45) is 6.14. The lowest BCUT2D eigenvalue weighted by molar-refractivity contribution is 0.318. The summed E-state index contributed by atoms with van der Waals surface area (Å²) in [5, 5.41) is 15.4. The summed E-state index contributed by atoms with van der Waals surface area (Å²) in [4.78, 5) is 0. The highest BCUT2D eigenvalue weighted by Gasteiger charge is 2.07. The average molecular weight is 277 g/mol. The highest BCUT2D eigenvalue weighted by molar-refractivity contribution is 5.97. The van der Waals surface area contributed by atoms with Gasteiger partial charge in [0.1, 0.15) is 0 Å². The predicted octanol–water partition coefficient (Wildman–Crippen LogP) is 3.23. The van der Waals surface area contributed by atoms with Gasteiger partial charge in [0.15, 0.2) is 5.84 Å². The Balaban J connectivity index is 2.58. The highest BCUT2D eigenvalue weighted by atomic mass is 16.4. The summed E-state index contributed by atoms with van der Waals surface area (Å²) in [5.74, 6) is 0.156. The van der Waals surface area contributed by atoms with E-state index in [-0.39, 0.29) is 5.84 Å². The van der Waals surface area contributed by atoms with Gasteiger partial charge in [-0.1, -0.05) is 56.5 Å². The van der Waals surface area contributed by atoms with Crippen molar-refractivity contribution in [2.75, 3.05) is 0 Å². The van der Waals surface area contributed by atoms with Crippen molar-refractivity contribution in [2.45, 2.75) is 58.5 Å². The first-order valence-corrected chi connectivity index (χ1v) is 7.51. The summed E-state index contributed by atoms with van der Waals surface area (Å²) in [6.45, 7) is 5.27. The molecule has 0 aromatic heterocycles. The van der Waals surface area contributed by atoms with Gasteiger partial charge in [0.05, 0.1) is 0 Å². The van der Waals surface area contributed by atoms with Crippen LogP contribution in [0.4, 0.5) is 0 Å². The first-order chi connectivity index (χ1) is 9.71. The second-order valence-corrected chi connectivity index (χ2v) is 5.19. The van der Waals surface area contributed by atoms with E-state index in [9.17, 15) is 0 Å². The van der Waals surface area contributed by atoms with Crippen molar-refractivity contribution in [2.24, 2.45) is 10.9 Å². The number of rotatable bonds is 9. The molecule has 0 saturated carbocycles. The minimum atomic E-state index is 0.156. The van der Waals surface area contributed by atoms with E-state index in [2.05, 4.69) is 30.4 Å². The Morgan fingerprint density at radius 1 is 1.30 bits per heavy atom. The maximum absolute atomic E-state index is 8.71. The summed E-state index contributed by atoms with van der Waals surface area (Å²) < 4.78 is 0. The molecule has 112 valence electrons. The van der Waals surface area contributed by atoms with Crippen molar-refractivity contribution in [3.8, 4) is 0 Å². The Kier molecular flexibility index (Phi) is 7.73. The number of amidine groups is 1. The van der Waals surface area contributed by atoms with Gasteiger partial charge >= 0.3 is 0 Å². The molecule has 0 spiro atoms. The fraction of sp³-hybridized carbons (Fsp3) is 0.562. The first-order valence-electron chi connectivity index (χ1n) is 7.51. The molecule has 0 saturated heterocycles. The van der Waals surface area contributed by atoms with Gasteiger partial charge in [0.25, 0.3) is 0 Å². The molecule has 20 heavy (non-hydrogen) atoms. The fourth-order valence-corrected chi connectivity index (χ4v) is 2.31. The third-order valence-electron chi connectivity index (χ3n) is 3.47. The zero-order chi connectivity index (χ0) is 14.8. The average Bonchev–Trinajstić information content (AvgIpc) is 2.49. The third kappa shape index (κ3) is 5.61. The monoisotopic (exact) mass is 277 g/mol. The number of unbranched alkanes of at least 4 members (excludes halogenated alkanes) is 1. The third-order valence-corrected chi connectivity index (χ3v) is 3.47. The van der Waals surface area contributed by atoms with Crippen LogP contribution in [-0.2, 0) is 6.54 Å². The molecule has 4 nitrogen and oxygen atoms in total. The lowest BCUT2D eigenvalue weighted by Gasteiger charge is -2.18. The van der Waals surface area contributed by atoms with Crippen LogP contribution < -0.4 is 11.1 Å². The summed E-state index contributed by atoms with van der Waals surface area (Å²) in [7, 11) is 0. The van der Waals surface area contributed by atoms with Gasteiger partial charge in [-0.15, -0.1) is 0 Å². The largest absolute Gasteiger partial charge is 0.409 e. The van der Waals surface area contributed by atoms with Gasteiger partial charge in [0.2, 0.25) is 0 Å². The van der Waals surface area contributed by atoms with E-state index in [1.165, 1.54) is 32.1 Å². The second-order valence-electron chi connectivity index (χ2n) is 5.19. The van der Waals surface area contributed by atoms with Crippen molar-refractivity contribution >= 4 is 5.84 Å². The van der Waals surface area contributed by atoms with E-state index in [1.54, 1.807) is 0 Å². The molecule has 4 N–H and O–H groups in total. The Hall–Kier alpha value is -1.55. The van der Waals surface area contributed by atoms with E-state index >= 15 is 0 Å². The number of hydrogen-bond donors (Lipinski definition) is 3. The molecular formula is C16H27N3O. The van der Waals surface area contributed by atoms with Gasteiger partial charge < -0.3 is 16.3 Å². The molecular weight excluding hydrogens is 250 g/mol. The number of benzene rings is 1. The van der Waals surface area contributed by atoms with Crippen LogP contribution in [0.3, 0.4) is 0 Å². The van der Waals surface area contributed by atoms with Crippen LogP contribution in [0.15, 0.2) is 29.4 Å². The van der Waals surface area contributed by atoms with Crippen molar-refractivity contribution in [1.29, 1.82) is 0 Å². The zero-order valence-electron chi connectivity index (χ0n) is 12.6. The van der Waals surface area contributed by atoms with Gasteiger partial charge in [-0.2, -0.15) is 0 Å². The molecule has 4 heteroatoms. The van der Waals surface area contributed by atoms with Crippen molar-refractivity contribution in [3.05, 3.63) is 35.4 Å². The van der Waals surface area contributed by atoms with Gasteiger partial charge in [-0.3, -0.25) is 0 Å². The molecule has 0 aliphatic carbocycles. The minimum absolute atomic E-state index is 0.156. The van der Waals surface area contributed by atoms with E-state index in [4.69, 9.17) is 10.9 Å². The van der Waals surface area contributed by atoms with E-state index in [0.29, 0.717) is 6.04 Å². The van der Waals surface area contributed by atoms with Crippen molar-refractivity contribution in [1.82, 2.24) is 5.32 Å². The number of nitrogens with two attached hydrogens (primary N) is 1. The molecule has 0 aliphatic rings. The SMILES string of the molecule is CCCCC(CCC)NCc1cccc(/C(N)=N/O)c1. The number of oxime groups is 1. The van der Waals surface area contributed by atoms with E-state index in [1.807, 2.05) is 18.2 Å². The molecule has 0 radical (unpaired) electrons. The standard InChI is InChI=1S/C16H27N3O/c1-3-5-10-15(7-4-2)18-12-13-8-6-9-14(11-13)16(17)19-20/h6,8-9,11,15,18,20H,3-5,7,10,12H2,1-2H3,(H2,17,19). The number of nitrogens with zero attached hydrogens (tertiary/aromatic N) is 1. The molecule has 0 bridgehead atoms. The normalized spacial score (nSPS) is 13.4. The molecule has 1 unspecified atom stereocenters. The fourth-order valence-electron chi connectivity index (χ4n) is 2.31. The Morgan fingerprint density at radius 2 is 2.10 bits per heavy atom.